The highest BCUT2D eigenvalue weighted by Gasteiger charge is 2.20. The highest BCUT2D eigenvalue weighted by Crippen LogP contribution is 2.16. The quantitative estimate of drug-likeness (QED) is 0.133. The zero-order chi connectivity index (χ0) is 19.6. The summed E-state index contributed by atoms with van der Waals surface area (Å²) in [6.45, 7) is 4.28. The van der Waals surface area contributed by atoms with Crippen LogP contribution in [0.3, 0.4) is 0 Å². The molecule has 0 aromatic heterocycles. The SMILES string of the molecule is CCCCC/C=C\C/C=C(\C/C(=C\CCCCCCC)[N+](=O)[O-])[N+](=O)[O-]. The molecule has 0 rings (SSSR count). The van der Waals surface area contributed by atoms with E-state index in [1.807, 2.05) is 12.2 Å². The van der Waals surface area contributed by atoms with E-state index >= 15 is 0 Å². The van der Waals surface area contributed by atoms with E-state index in [0.29, 0.717) is 12.8 Å². The molecule has 0 spiro atoms. The minimum absolute atomic E-state index is 0.0737. The van der Waals surface area contributed by atoms with Crippen molar-refractivity contribution >= 4 is 0 Å². The van der Waals surface area contributed by atoms with Gasteiger partial charge in [0.25, 0.3) is 11.4 Å². The van der Waals surface area contributed by atoms with Gasteiger partial charge in [0, 0.05) is 0 Å². The summed E-state index contributed by atoms with van der Waals surface area (Å²) in [6, 6.07) is 0. The monoisotopic (exact) mass is 366 g/mol. The molecule has 0 aliphatic heterocycles. The van der Waals surface area contributed by atoms with Crippen LogP contribution in [0.5, 0.6) is 0 Å². The van der Waals surface area contributed by atoms with E-state index in [2.05, 4.69) is 13.8 Å². The summed E-state index contributed by atoms with van der Waals surface area (Å²) in [5.41, 5.74) is -0.174. The number of nitro groups is 2. The third-order valence-electron chi connectivity index (χ3n) is 4.15. The van der Waals surface area contributed by atoms with Crippen LogP contribution >= 0.6 is 0 Å². The molecule has 0 aromatic carbocycles. The number of nitrogens with zero attached hydrogens (tertiary/aromatic N) is 2. The average molecular weight is 367 g/mol. The van der Waals surface area contributed by atoms with Gasteiger partial charge >= 0.3 is 0 Å². The molecular weight excluding hydrogens is 332 g/mol. The lowest BCUT2D eigenvalue weighted by Gasteiger charge is -2.00. The van der Waals surface area contributed by atoms with Crippen molar-refractivity contribution in [3.05, 3.63) is 55.9 Å². The number of hydrogen-bond donors (Lipinski definition) is 0. The predicted molar refractivity (Wildman–Crippen MR) is 106 cm³/mol. The molecule has 0 atom stereocenters. The summed E-state index contributed by atoms with van der Waals surface area (Å²) in [5, 5.41) is 22.3. The number of rotatable bonds is 16. The highest BCUT2D eigenvalue weighted by molar-refractivity contribution is 5.07. The molecule has 26 heavy (non-hydrogen) atoms. The second kappa shape index (κ2) is 16.5. The average Bonchev–Trinajstić information content (AvgIpc) is 2.60. The van der Waals surface area contributed by atoms with Crippen LogP contribution in [-0.2, 0) is 0 Å². The van der Waals surface area contributed by atoms with Crippen molar-refractivity contribution in [2.45, 2.75) is 90.9 Å². The molecule has 0 saturated heterocycles. The van der Waals surface area contributed by atoms with E-state index in [1.165, 1.54) is 18.9 Å². The maximum Gasteiger partial charge on any atom is 0.253 e. The summed E-state index contributed by atoms with van der Waals surface area (Å²) in [4.78, 5) is 21.3. The van der Waals surface area contributed by atoms with Crippen LogP contribution in [0.15, 0.2) is 35.7 Å². The Labute approximate surface area is 157 Å². The molecule has 0 amide bonds. The zero-order valence-corrected chi connectivity index (χ0v) is 16.3. The Morgan fingerprint density at radius 1 is 0.731 bits per heavy atom. The summed E-state index contributed by atoms with van der Waals surface area (Å²) in [6.07, 6.45) is 17.5. The molecule has 0 aliphatic rings. The first-order valence-corrected chi connectivity index (χ1v) is 9.84. The number of unbranched alkanes of at least 4 members (excludes halogenated alkanes) is 8. The van der Waals surface area contributed by atoms with Crippen molar-refractivity contribution in [2.24, 2.45) is 0 Å². The van der Waals surface area contributed by atoms with Gasteiger partial charge in [-0.1, -0.05) is 64.5 Å². The predicted octanol–water partition coefficient (Wildman–Crippen LogP) is 6.58. The first kappa shape index (κ1) is 24.0. The molecule has 0 radical (unpaired) electrons. The molecule has 0 bridgehead atoms. The Hall–Kier alpha value is -1.98. The van der Waals surface area contributed by atoms with Crippen molar-refractivity contribution in [1.29, 1.82) is 0 Å². The third kappa shape index (κ3) is 13.3. The Bertz CT molecular complexity index is 496. The van der Waals surface area contributed by atoms with Crippen LogP contribution in [0.25, 0.3) is 0 Å². The fourth-order valence-electron chi connectivity index (χ4n) is 2.55. The standard InChI is InChI=1S/C20H34N2O4/c1-3-5-7-9-11-13-15-17-20(22(25)26)18-19(21(23)24)16-14-12-10-8-6-4-2/h11,13,16-17H,3-10,12,14-15,18H2,1-2H3/b13-11-,19-16+,20-17+. The van der Waals surface area contributed by atoms with Gasteiger partial charge < -0.3 is 0 Å². The topological polar surface area (TPSA) is 86.3 Å². The van der Waals surface area contributed by atoms with Gasteiger partial charge in [0.15, 0.2) is 0 Å². The lowest BCUT2D eigenvalue weighted by Crippen LogP contribution is -2.06. The number of allylic oxidation sites excluding steroid dienone is 4. The first-order valence-electron chi connectivity index (χ1n) is 9.84. The lowest BCUT2D eigenvalue weighted by molar-refractivity contribution is -0.450. The molecule has 0 aliphatic carbocycles. The smallest absolute Gasteiger partial charge is 0.253 e. The molecule has 148 valence electrons. The van der Waals surface area contributed by atoms with Crippen molar-refractivity contribution in [2.75, 3.05) is 0 Å². The fourth-order valence-corrected chi connectivity index (χ4v) is 2.55. The molecule has 0 fully saturated rings. The molecule has 0 saturated carbocycles. The van der Waals surface area contributed by atoms with Gasteiger partial charge in [-0.25, -0.2) is 0 Å². The normalized spacial score (nSPS) is 12.7. The maximum atomic E-state index is 11.2. The van der Waals surface area contributed by atoms with Gasteiger partial charge in [-0.05, 0) is 44.3 Å². The van der Waals surface area contributed by atoms with E-state index in [9.17, 15) is 20.2 Å². The molecule has 6 nitrogen and oxygen atoms in total. The number of hydrogen-bond acceptors (Lipinski definition) is 4. The second-order valence-electron chi connectivity index (χ2n) is 6.49. The van der Waals surface area contributed by atoms with Crippen LogP contribution in [-0.4, -0.2) is 9.85 Å². The van der Waals surface area contributed by atoms with E-state index in [4.69, 9.17) is 0 Å². The molecule has 0 aromatic rings. The summed E-state index contributed by atoms with van der Waals surface area (Å²) >= 11 is 0. The van der Waals surface area contributed by atoms with Gasteiger partial charge in [-0.2, -0.15) is 0 Å². The Kier molecular flexibility index (Phi) is 15.2. The van der Waals surface area contributed by atoms with Crippen LogP contribution in [0, 0.1) is 20.2 Å². The third-order valence-corrected chi connectivity index (χ3v) is 4.15. The Balaban J connectivity index is 4.57. The van der Waals surface area contributed by atoms with Crippen LogP contribution in [0.4, 0.5) is 0 Å². The highest BCUT2D eigenvalue weighted by atomic mass is 16.6. The molecule has 0 heterocycles. The maximum absolute atomic E-state index is 11.2. The Morgan fingerprint density at radius 2 is 1.27 bits per heavy atom. The van der Waals surface area contributed by atoms with Crippen LogP contribution in [0.1, 0.15) is 90.9 Å². The van der Waals surface area contributed by atoms with Crippen molar-refractivity contribution in [3.63, 3.8) is 0 Å². The first-order chi connectivity index (χ1) is 12.5. The van der Waals surface area contributed by atoms with Crippen molar-refractivity contribution in [3.8, 4) is 0 Å². The van der Waals surface area contributed by atoms with Gasteiger partial charge in [0.2, 0.25) is 0 Å². The summed E-state index contributed by atoms with van der Waals surface area (Å²) < 4.78 is 0. The molecule has 0 unspecified atom stereocenters. The largest absolute Gasteiger partial charge is 0.259 e. The summed E-state index contributed by atoms with van der Waals surface area (Å²) in [5.74, 6) is 0. The van der Waals surface area contributed by atoms with Gasteiger partial charge in [-0.3, -0.25) is 20.2 Å². The van der Waals surface area contributed by atoms with Crippen molar-refractivity contribution in [1.82, 2.24) is 0 Å². The lowest BCUT2D eigenvalue weighted by atomic mass is 10.1. The zero-order valence-electron chi connectivity index (χ0n) is 16.3. The molecular formula is C20H34N2O4. The Morgan fingerprint density at radius 3 is 1.88 bits per heavy atom. The van der Waals surface area contributed by atoms with E-state index < -0.39 is 9.85 Å². The van der Waals surface area contributed by atoms with E-state index in [1.54, 1.807) is 6.08 Å². The van der Waals surface area contributed by atoms with E-state index in [-0.39, 0.29) is 17.8 Å². The van der Waals surface area contributed by atoms with Crippen LogP contribution in [0.2, 0.25) is 0 Å². The minimum Gasteiger partial charge on any atom is -0.259 e. The fraction of sp³-hybridized carbons (Fsp3) is 0.700. The van der Waals surface area contributed by atoms with Gasteiger partial charge in [0.1, 0.15) is 6.42 Å². The van der Waals surface area contributed by atoms with Crippen molar-refractivity contribution < 1.29 is 9.85 Å². The minimum atomic E-state index is -0.510. The van der Waals surface area contributed by atoms with Gasteiger partial charge in [0.05, 0.1) is 9.85 Å². The summed E-state index contributed by atoms with van der Waals surface area (Å²) in [7, 11) is 0. The van der Waals surface area contributed by atoms with Gasteiger partial charge in [-0.15, -0.1) is 0 Å². The molecule has 6 heteroatoms. The second-order valence-corrected chi connectivity index (χ2v) is 6.49. The molecule has 0 N–H and O–H groups in total. The van der Waals surface area contributed by atoms with Crippen LogP contribution < -0.4 is 0 Å². The van der Waals surface area contributed by atoms with E-state index in [0.717, 1.165) is 44.9 Å².